The number of hydrogen-bond acceptors (Lipinski definition) is 1. The molecule has 107 valence electrons. The first kappa shape index (κ1) is 16.1. The van der Waals surface area contributed by atoms with Crippen LogP contribution in [0, 0.1) is 13.3 Å². The maximum Gasteiger partial charge on any atom is 0.119 e. The lowest BCUT2D eigenvalue weighted by Crippen LogP contribution is -1.86. The second-order valence-corrected chi connectivity index (χ2v) is 5.53. The molecule has 1 aromatic carbocycles. The molecule has 1 nitrogen and oxygen atoms in total. The van der Waals surface area contributed by atoms with Gasteiger partial charge in [-0.25, -0.2) is 0 Å². The van der Waals surface area contributed by atoms with Crippen molar-refractivity contribution >= 4 is 0 Å². The molecular weight excluding hydrogens is 232 g/mol. The van der Waals surface area contributed by atoms with E-state index in [1.165, 1.54) is 51.4 Å². The van der Waals surface area contributed by atoms with Gasteiger partial charge in [0.05, 0.1) is 0 Å². The van der Waals surface area contributed by atoms with Crippen LogP contribution >= 0.6 is 0 Å². The lowest BCUT2D eigenvalue weighted by atomic mass is 10.0. The minimum atomic E-state index is 0.416. The zero-order chi connectivity index (χ0) is 13.9. The Kier molecular flexibility index (Phi) is 8.36. The fourth-order valence-corrected chi connectivity index (χ4v) is 2.36. The van der Waals surface area contributed by atoms with E-state index < -0.39 is 0 Å². The minimum absolute atomic E-state index is 0.416. The van der Waals surface area contributed by atoms with Crippen LogP contribution in [0.2, 0.25) is 0 Å². The van der Waals surface area contributed by atoms with Crippen molar-refractivity contribution in [2.45, 2.75) is 71.6 Å². The number of phenols is 1. The molecule has 1 heteroatoms. The normalized spacial score (nSPS) is 10.8. The summed E-state index contributed by atoms with van der Waals surface area (Å²) in [5.74, 6) is 0.416. The first-order chi connectivity index (χ1) is 9.24. The van der Waals surface area contributed by atoms with Crippen molar-refractivity contribution in [3.05, 3.63) is 35.7 Å². The van der Waals surface area contributed by atoms with E-state index >= 15 is 0 Å². The molecule has 1 radical (unpaired) electrons. The summed E-state index contributed by atoms with van der Waals surface area (Å²) in [6.45, 7) is 4.26. The zero-order valence-corrected chi connectivity index (χ0v) is 12.6. The van der Waals surface area contributed by atoms with E-state index in [2.05, 4.69) is 19.4 Å². The smallest absolute Gasteiger partial charge is 0.119 e. The average molecular weight is 261 g/mol. The summed E-state index contributed by atoms with van der Waals surface area (Å²) < 4.78 is 0. The second kappa shape index (κ2) is 9.89. The predicted molar refractivity (Wildman–Crippen MR) is 83.5 cm³/mol. The van der Waals surface area contributed by atoms with Gasteiger partial charge in [-0.1, -0.05) is 70.4 Å². The van der Waals surface area contributed by atoms with Gasteiger partial charge in [-0.15, -0.1) is 0 Å². The molecule has 1 aromatic rings. The maximum atomic E-state index is 9.78. The molecule has 0 aromatic heterocycles. The zero-order valence-electron chi connectivity index (χ0n) is 12.6. The van der Waals surface area contributed by atoms with Gasteiger partial charge in [-0.3, -0.25) is 0 Å². The van der Waals surface area contributed by atoms with Gasteiger partial charge in [-0.2, -0.15) is 0 Å². The number of unbranched alkanes of at least 4 members (excludes halogenated alkanes) is 8. The van der Waals surface area contributed by atoms with Crippen LogP contribution in [-0.4, -0.2) is 5.11 Å². The summed E-state index contributed by atoms with van der Waals surface area (Å²) in [6, 6.07) is 5.90. The molecule has 0 bridgehead atoms. The molecule has 1 N–H and O–H groups in total. The van der Waals surface area contributed by atoms with E-state index in [-0.39, 0.29) is 0 Å². The number of phenolic OH excluding ortho intramolecular Hbond substituents is 1. The number of hydrogen-bond donors (Lipinski definition) is 1. The highest BCUT2D eigenvalue weighted by atomic mass is 16.3. The van der Waals surface area contributed by atoms with E-state index in [4.69, 9.17) is 0 Å². The number of benzene rings is 1. The van der Waals surface area contributed by atoms with Gasteiger partial charge in [0.25, 0.3) is 0 Å². The number of aryl methyl sites for hydroxylation is 1. The van der Waals surface area contributed by atoms with Crippen molar-refractivity contribution in [3.63, 3.8) is 0 Å². The van der Waals surface area contributed by atoms with Gasteiger partial charge in [0.2, 0.25) is 0 Å². The second-order valence-electron chi connectivity index (χ2n) is 5.53. The van der Waals surface area contributed by atoms with E-state index in [1.807, 2.05) is 19.1 Å². The molecule has 1 rings (SSSR count). The Morgan fingerprint density at radius 1 is 0.947 bits per heavy atom. The van der Waals surface area contributed by atoms with Gasteiger partial charge in [0.1, 0.15) is 5.75 Å². The summed E-state index contributed by atoms with van der Waals surface area (Å²) >= 11 is 0. The average Bonchev–Trinajstić information content (AvgIpc) is 2.39. The van der Waals surface area contributed by atoms with Crippen molar-refractivity contribution < 1.29 is 5.11 Å². The van der Waals surface area contributed by atoms with Crippen molar-refractivity contribution in [2.24, 2.45) is 0 Å². The highest BCUT2D eigenvalue weighted by molar-refractivity contribution is 5.40. The van der Waals surface area contributed by atoms with Crippen LogP contribution in [0.1, 0.15) is 75.8 Å². The molecule has 19 heavy (non-hydrogen) atoms. The van der Waals surface area contributed by atoms with Gasteiger partial charge in [0.15, 0.2) is 0 Å². The van der Waals surface area contributed by atoms with Crippen LogP contribution in [-0.2, 0) is 0 Å². The van der Waals surface area contributed by atoms with Crippen LogP contribution in [0.15, 0.2) is 18.2 Å². The van der Waals surface area contributed by atoms with Crippen LogP contribution in [0.3, 0.4) is 0 Å². The molecule has 0 aliphatic carbocycles. The summed E-state index contributed by atoms with van der Waals surface area (Å²) in [7, 11) is 0. The third kappa shape index (κ3) is 7.25. The van der Waals surface area contributed by atoms with E-state index in [1.54, 1.807) is 0 Å². The molecule has 0 fully saturated rings. The van der Waals surface area contributed by atoms with Crippen molar-refractivity contribution in [3.8, 4) is 5.75 Å². The molecule has 0 saturated carbocycles. The Labute approximate surface area is 119 Å². The molecule has 0 aliphatic rings. The summed E-state index contributed by atoms with van der Waals surface area (Å²) in [5.41, 5.74) is 2.09. The SMILES string of the molecule is CCCCCCCCCC[CH]c1ccc(C)cc1O. The van der Waals surface area contributed by atoms with Crippen LogP contribution < -0.4 is 0 Å². The maximum absolute atomic E-state index is 9.78. The number of rotatable bonds is 10. The van der Waals surface area contributed by atoms with E-state index in [0.29, 0.717) is 5.75 Å². The molecule has 0 spiro atoms. The van der Waals surface area contributed by atoms with Gasteiger partial charge >= 0.3 is 0 Å². The standard InChI is InChI=1S/C18H29O/c1-3-4-5-6-7-8-9-10-11-12-17-14-13-16(2)15-18(17)19/h12-15,19H,3-11H2,1-2H3. The van der Waals surface area contributed by atoms with Crippen LogP contribution in [0.4, 0.5) is 0 Å². The van der Waals surface area contributed by atoms with Crippen LogP contribution in [0.25, 0.3) is 0 Å². The Bertz CT molecular complexity index is 344. The fourth-order valence-electron chi connectivity index (χ4n) is 2.36. The summed E-state index contributed by atoms with van der Waals surface area (Å²) in [4.78, 5) is 0. The van der Waals surface area contributed by atoms with E-state index in [0.717, 1.165) is 17.5 Å². The van der Waals surface area contributed by atoms with Gasteiger partial charge in [-0.05, 0) is 37.0 Å². The molecule has 0 saturated heterocycles. The summed E-state index contributed by atoms with van der Waals surface area (Å²) in [6.07, 6.45) is 14.0. The lowest BCUT2D eigenvalue weighted by Gasteiger charge is -2.05. The molecule has 0 aliphatic heterocycles. The molecule has 0 amide bonds. The predicted octanol–water partition coefficient (Wildman–Crippen LogP) is 5.78. The molecular formula is C18H29O. The molecule has 0 atom stereocenters. The van der Waals surface area contributed by atoms with Crippen LogP contribution in [0.5, 0.6) is 5.75 Å². The monoisotopic (exact) mass is 261 g/mol. The Balaban J connectivity index is 2.01. The van der Waals surface area contributed by atoms with E-state index in [9.17, 15) is 5.11 Å². The van der Waals surface area contributed by atoms with Gasteiger partial charge in [0, 0.05) is 0 Å². The van der Waals surface area contributed by atoms with Crippen molar-refractivity contribution in [2.75, 3.05) is 0 Å². The third-order valence-corrected chi connectivity index (χ3v) is 3.61. The Morgan fingerprint density at radius 3 is 2.21 bits per heavy atom. The van der Waals surface area contributed by atoms with Crippen molar-refractivity contribution in [1.29, 1.82) is 0 Å². The molecule has 0 unspecified atom stereocenters. The molecule has 0 heterocycles. The third-order valence-electron chi connectivity index (χ3n) is 3.61. The lowest BCUT2D eigenvalue weighted by molar-refractivity contribution is 0.470. The highest BCUT2D eigenvalue weighted by Crippen LogP contribution is 2.22. The first-order valence-electron chi connectivity index (χ1n) is 7.87. The largest absolute Gasteiger partial charge is 0.508 e. The minimum Gasteiger partial charge on any atom is -0.508 e. The van der Waals surface area contributed by atoms with Gasteiger partial charge < -0.3 is 5.11 Å². The Hall–Kier alpha value is -0.980. The first-order valence-corrected chi connectivity index (χ1v) is 7.87. The topological polar surface area (TPSA) is 20.2 Å². The van der Waals surface area contributed by atoms with Crippen molar-refractivity contribution in [1.82, 2.24) is 0 Å². The quantitative estimate of drug-likeness (QED) is 0.529. The Morgan fingerprint density at radius 2 is 1.58 bits per heavy atom. The highest BCUT2D eigenvalue weighted by Gasteiger charge is 2.01. The number of aromatic hydroxyl groups is 1. The fraction of sp³-hybridized carbons (Fsp3) is 0.611. The summed E-state index contributed by atoms with van der Waals surface area (Å²) in [5, 5.41) is 9.78.